The van der Waals surface area contributed by atoms with Gasteiger partial charge in [-0.25, -0.2) is 4.79 Å². The summed E-state index contributed by atoms with van der Waals surface area (Å²) in [7, 11) is 0. The van der Waals surface area contributed by atoms with Crippen LogP contribution in [0.15, 0.2) is 48.5 Å². The quantitative estimate of drug-likeness (QED) is 0.738. The fraction of sp³-hybridized carbons (Fsp3) is 0.333. The number of hydrogen-bond donors (Lipinski definition) is 1. The van der Waals surface area contributed by atoms with Crippen molar-refractivity contribution in [2.24, 2.45) is 0 Å². The van der Waals surface area contributed by atoms with Gasteiger partial charge in [0.2, 0.25) is 0 Å². The minimum atomic E-state index is -0.572. The number of carbonyl (C=O) groups is 2. The highest BCUT2D eigenvalue weighted by atomic mass is 16.6. The molecule has 1 aliphatic rings. The van der Waals surface area contributed by atoms with E-state index in [-0.39, 0.29) is 25.4 Å². The van der Waals surface area contributed by atoms with Crippen LogP contribution in [-0.2, 0) is 9.53 Å². The standard InChI is InChI=1S/C21H23NO6/c1-14(2)27-16-9-7-15(8-10-16)21(24)26-13-20(23)22-11-17-12-25-18-5-3-4-6-19(18)28-17/h3-10,14,17H,11-13H2,1-2H3,(H,22,23)/t17-/m0/s1. The molecule has 0 radical (unpaired) electrons. The number of nitrogens with one attached hydrogen (secondary N) is 1. The molecule has 2 aromatic rings. The van der Waals surface area contributed by atoms with Crippen molar-refractivity contribution in [1.82, 2.24) is 5.32 Å². The Morgan fingerprint density at radius 3 is 2.54 bits per heavy atom. The maximum atomic E-state index is 12.0. The van der Waals surface area contributed by atoms with E-state index in [0.29, 0.717) is 29.4 Å². The van der Waals surface area contributed by atoms with Gasteiger partial charge < -0.3 is 24.3 Å². The third kappa shape index (κ3) is 5.39. The molecule has 0 bridgehead atoms. The van der Waals surface area contributed by atoms with Crippen molar-refractivity contribution in [3.63, 3.8) is 0 Å². The van der Waals surface area contributed by atoms with Gasteiger partial charge in [-0.1, -0.05) is 12.1 Å². The fourth-order valence-corrected chi connectivity index (χ4v) is 2.60. The molecule has 0 aliphatic carbocycles. The molecule has 0 fully saturated rings. The molecule has 28 heavy (non-hydrogen) atoms. The highest BCUT2D eigenvalue weighted by Gasteiger charge is 2.21. The summed E-state index contributed by atoms with van der Waals surface area (Å²) in [4.78, 5) is 24.0. The second-order valence-electron chi connectivity index (χ2n) is 6.57. The van der Waals surface area contributed by atoms with Crippen molar-refractivity contribution in [2.75, 3.05) is 19.8 Å². The first kappa shape index (κ1) is 19.5. The first-order chi connectivity index (χ1) is 13.5. The molecule has 0 aromatic heterocycles. The minimum absolute atomic E-state index is 0.0496. The van der Waals surface area contributed by atoms with E-state index in [0.717, 1.165) is 0 Å². The zero-order chi connectivity index (χ0) is 19.9. The molecule has 0 saturated heterocycles. The lowest BCUT2D eigenvalue weighted by atomic mass is 10.2. The highest BCUT2D eigenvalue weighted by molar-refractivity contribution is 5.91. The number of hydrogen-bond acceptors (Lipinski definition) is 6. The number of rotatable bonds is 7. The number of ether oxygens (including phenoxy) is 4. The van der Waals surface area contributed by atoms with E-state index in [1.165, 1.54) is 0 Å². The second-order valence-corrected chi connectivity index (χ2v) is 6.57. The molecule has 7 heteroatoms. The van der Waals surface area contributed by atoms with Crippen LogP contribution in [0.4, 0.5) is 0 Å². The molecule has 1 heterocycles. The van der Waals surface area contributed by atoms with Gasteiger partial charge in [0.25, 0.3) is 5.91 Å². The first-order valence-corrected chi connectivity index (χ1v) is 9.10. The Balaban J connectivity index is 1.40. The normalized spacial score (nSPS) is 15.0. The molecule has 7 nitrogen and oxygen atoms in total. The van der Waals surface area contributed by atoms with Crippen LogP contribution in [0.5, 0.6) is 17.2 Å². The molecule has 1 N–H and O–H groups in total. The Morgan fingerprint density at radius 2 is 1.82 bits per heavy atom. The molecule has 1 aliphatic heterocycles. The van der Waals surface area contributed by atoms with E-state index in [9.17, 15) is 9.59 Å². The van der Waals surface area contributed by atoms with Crippen LogP contribution in [0.1, 0.15) is 24.2 Å². The van der Waals surface area contributed by atoms with Gasteiger partial charge in [0.15, 0.2) is 18.1 Å². The lowest BCUT2D eigenvalue weighted by molar-refractivity contribution is -0.124. The average molecular weight is 385 g/mol. The van der Waals surface area contributed by atoms with Crippen LogP contribution in [-0.4, -0.2) is 43.8 Å². The monoisotopic (exact) mass is 385 g/mol. The summed E-state index contributed by atoms with van der Waals surface area (Å²) in [5.41, 5.74) is 0.351. The maximum Gasteiger partial charge on any atom is 0.338 e. The van der Waals surface area contributed by atoms with Gasteiger partial charge in [0, 0.05) is 0 Å². The molecule has 3 rings (SSSR count). The van der Waals surface area contributed by atoms with Crippen molar-refractivity contribution >= 4 is 11.9 Å². The summed E-state index contributed by atoms with van der Waals surface area (Å²) >= 11 is 0. The smallest absolute Gasteiger partial charge is 0.338 e. The van der Waals surface area contributed by atoms with Gasteiger partial charge in [-0.05, 0) is 50.2 Å². The molecular formula is C21H23NO6. The summed E-state index contributed by atoms with van der Waals surface area (Å²) in [6, 6.07) is 13.9. The Kier molecular flexibility index (Phi) is 6.37. The van der Waals surface area contributed by atoms with E-state index in [1.54, 1.807) is 24.3 Å². The van der Waals surface area contributed by atoms with Gasteiger partial charge in [-0.3, -0.25) is 4.79 Å². The van der Waals surface area contributed by atoms with Crippen molar-refractivity contribution in [1.29, 1.82) is 0 Å². The molecule has 2 aromatic carbocycles. The topological polar surface area (TPSA) is 83.1 Å². The number of esters is 1. The number of amides is 1. The number of para-hydroxylation sites is 2. The predicted octanol–water partition coefficient (Wildman–Crippen LogP) is 2.59. The molecule has 1 atom stereocenters. The fourth-order valence-electron chi connectivity index (χ4n) is 2.60. The zero-order valence-corrected chi connectivity index (χ0v) is 15.8. The van der Waals surface area contributed by atoms with E-state index >= 15 is 0 Å². The summed E-state index contributed by atoms with van der Waals surface area (Å²) in [6.45, 7) is 4.06. The molecule has 148 valence electrons. The maximum absolute atomic E-state index is 12.0. The van der Waals surface area contributed by atoms with Crippen LogP contribution in [0.3, 0.4) is 0 Å². The van der Waals surface area contributed by atoms with Crippen molar-refractivity contribution in [3.8, 4) is 17.2 Å². The highest BCUT2D eigenvalue weighted by Crippen LogP contribution is 2.30. The number of benzene rings is 2. The molecule has 1 amide bonds. The molecule has 0 unspecified atom stereocenters. The Morgan fingerprint density at radius 1 is 1.11 bits per heavy atom. The summed E-state index contributed by atoms with van der Waals surface area (Å²) < 4.78 is 21.9. The van der Waals surface area contributed by atoms with Gasteiger partial charge in [-0.15, -0.1) is 0 Å². The van der Waals surface area contributed by atoms with Crippen LogP contribution in [0, 0.1) is 0 Å². The van der Waals surface area contributed by atoms with Gasteiger partial charge in [0.05, 0.1) is 18.2 Å². The molecule has 0 saturated carbocycles. The van der Waals surface area contributed by atoms with Crippen LogP contribution >= 0.6 is 0 Å². The van der Waals surface area contributed by atoms with Crippen LogP contribution in [0.25, 0.3) is 0 Å². The molecular weight excluding hydrogens is 362 g/mol. The number of fused-ring (bicyclic) bond motifs is 1. The third-order valence-corrected chi connectivity index (χ3v) is 3.89. The molecule has 0 spiro atoms. The van der Waals surface area contributed by atoms with Gasteiger partial charge in [0.1, 0.15) is 18.5 Å². The first-order valence-electron chi connectivity index (χ1n) is 9.10. The summed E-state index contributed by atoms with van der Waals surface area (Å²) in [6.07, 6.45) is -0.253. The Bertz CT molecular complexity index is 818. The van der Waals surface area contributed by atoms with E-state index in [4.69, 9.17) is 18.9 Å². The van der Waals surface area contributed by atoms with Crippen LogP contribution < -0.4 is 19.5 Å². The van der Waals surface area contributed by atoms with Gasteiger partial charge in [-0.2, -0.15) is 0 Å². The second kappa shape index (κ2) is 9.12. The van der Waals surface area contributed by atoms with Crippen molar-refractivity contribution in [2.45, 2.75) is 26.1 Å². The predicted molar refractivity (Wildman–Crippen MR) is 102 cm³/mol. The van der Waals surface area contributed by atoms with Crippen LogP contribution in [0.2, 0.25) is 0 Å². The van der Waals surface area contributed by atoms with Crippen molar-refractivity contribution < 1.29 is 28.5 Å². The van der Waals surface area contributed by atoms with Crippen molar-refractivity contribution in [3.05, 3.63) is 54.1 Å². The van der Waals surface area contributed by atoms with E-state index in [2.05, 4.69) is 5.32 Å². The minimum Gasteiger partial charge on any atom is -0.491 e. The SMILES string of the molecule is CC(C)Oc1ccc(C(=O)OCC(=O)NC[C@H]2COc3ccccc3O2)cc1. The third-order valence-electron chi connectivity index (χ3n) is 3.89. The summed E-state index contributed by atoms with van der Waals surface area (Å²) in [5.74, 6) is 1.02. The average Bonchev–Trinajstić information content (AvgIpc) is 2.70. The Labute approximate surface area is 163 Å². The summed E-state index contributed by atoms with van der Waals surface area (Å²) in [5, 5.41) is 2.68. The van der Waals surface area contributed by atoms with E-state index < -0.39 is 11.9 Å². The Hall–Kier alpha value is -3.22. The lowest BCUT2D eigenvalue weighted by Crippen LogP contribution is -2.42. The lowest BCUT2D eigenvalue weighted by Gasteiger charge is -2.26. The van der Waals surface area contributed by atoms with E-state index in [1.807, 2.05) is 38.1 Å². The largest absolute Gasteiger partial charge is 0.491 e. The number of carbonyl (C=O) groups excluding carboxylic acids is 2. The van der Waals surface area contributed by atoms with Gasteiger partial charge >= 0.3 is 5.97 Å². The zero-order valence-electron chi connectivity index (χ0n) is 15.8.